The Labute approximate surface area is 283 Å². The summed E-state index contributed by atoms with van der Waals surface area (Å²) in [5, 5.41) is 4.87. The number of hydrogen-bond donors (Lipinski definition) is 1. The van der Waals surface area contributed by atoms with Gasteiger partial charge in [-0.2, -0.15) is 13.2 Å². The van der Waals surface area contributed by atoms with Gasteiger partial charge >= 0.3 is 37.3 Å². The van der Waals surface area contributed by atoms with E-state index in [0.717, 1.165) is 40.5 Å². The number of carbonyl (C=O) groups is 1. The summed E-state index contributed by atoms with van der Waals surface area (Å²) in [4.78, 5) is 25.5. The first-order valence-electron chi connectivity index (χ1n) is 13.7. The molecule has 1 aliphatic rings. The van der Waals surface area contributed by atoms with Crippen molar-refractivity contribution in [3.63, 3.8) is 0 Å². The van der Waals surface area contributed by atoms with Gasteiger partial charge in [0, 0.05) is 59.3 Å². The van der Waals surface area contributed by atoms with Crippen LogP contribution in [0.2, 0.25) is 0 Å². The van der Waals surface area contributed by atoms with E-state index >= 15 is 0 Å². The second kappa shape index (κ2) is 14.5. The zero-order valence-corrected chi connectivity index (χ0v) is 30.5. The van der Waals surface area contributed by atoms with E-state index in [1.807, 2.05) is 25.2 Å². The smallest absolute Gasteiger partial charge is 0.368 e. The monoisotopic (exact) mass is 919 g/mol. The molecule has 0 saturated carbocycles. The number of carbonyl (C=O) groups excluding carboxylic acids is 1. The number of quaternary nitrogens is 1. The number of hydrogen-bond acceptors (Lipinski definition) is 5. The molecule has 0 spiro atoms. The summed E-state index contributed by atoms with van der Waals surface area (Å²) < 4.78 is 40.5. The van der Waals surface area contributed by atoms with Crippen molar-refractivity contribution < 1.29 is 53.6 Å². The molecule has 224 valence electrons. The van der Waals surface area contributed by atoms with Crippen LogP contribution in [0, 0.1) is 48.5 Å². The van der Waals surface area contributed by atoms with E-state index in [2.05, 4.69) is 81.4 Å². The molecule has 1 aromatic heterocycles. The summed E-state index contributed by atoms with van der Waals surface area (Å²) in [6.07, 6.45) is -2.28. The van der Waals surface area contributed by atoms with Crippen LogP contribution in [0.4, 0.5) is 18.9 Å². The number of likely N-dealkylation sites (N-methyl/N-ethyl adjacent to an activating group) is 1. The number of halogens is 4. The quantitative estimate of drug-likeness (QED) is 0.178. The Morgan fingerprint density at radius 3 is 2.21 bits per heavy atom. The molecule has 1 aliphatic heterocycles. The van der Waals surface area contributed by atoms with E-state index in [-0.39, 0.29) is 48.0 Å². The van der Waals surface area contributed by atoms with Crippen molar-refractivity contribution in [2.75, 3.05) is 57.8 Å². The summed E-state index contributed by atoms with van der Waals surface area (Å²) in [6, 6.07) is 9.89. The van der Waals surface area contributed by atoms with Gasteiger partial charge in [-0.3, -0.25) is 23.5 Å². The third kappa shape index (κ3) is 7.60. The van der Waals surface area contributed by atoms with Crippen LogP contribution in [0.1, 0.15) is 41.6 Å². The fourth-order valence-electron chi connectivity index (χ4n) is 5.29. The first-order chi connectivity index (χ1) is 19.4. The van der Waals surface area contributed by atoms with Gasteiger partial charge in [-0.15, -0.1) is 0 Å². The minimum absolute atomic E-state index is 0. The van der Waals surface area contributed by atoms with Crippen molar-refractivity contribution in [1.29, 1.82) is 0 Å². The summed E-state index contributed by atoms with van der Waals surface area (Å²) in [5.41, 5.74) is 2.18. The van der Waals surface area contributed by atoms with Crippen LogP contribution in [0.5, 0.6) is 0 Å². The third-order valence-corrected chi connectivity index (χ3v) is 9.28. The van der Waals surface area contributed by atoms with Crippen molar-refractivity contribution in [1.82, 2.24) is 20.2 Å². The van der Waals surface area contributed by atoms with Crippen LogP contribution in [0.15, 0.2) is 42.7 Å². The summed E-state index contributed by atoms with van der Waals surface area (Å²) in [6.45, 7) is 17.4. The number of amides is 1. The number of fused-ring (bicyclic) bond motifs is 1. The number of aromatic nitrogens is 2. The summed E-state index contributed by atoms with van der Waals surface area (Å²) in [5.74, 6) is -1.46. The fourth-order valence-corrected chi connectivity index (χ4v) is 6.28. The standard InChI is InChI=1S/C30H37F3IN6O.U/c1-6-40(5,7-2)26(21-17-36-29(37-18-21)30(31,32)33)19-35-28(41)24-10-8-9-23-22(24)11-12-25(27(23)34)39-15-13-38(14-16-39)20(3)4;/h8-12,17-18,20,26H,1-2,6-7,13-16,19H2,3-5H3,(H,35,41);/q-1;+2. The molecular formula is C30H37F3IN6OU+. The van der Waals surface area contributed by atoms with Crippen LogP contribution >= 0.6 is 22.6 Å². The Hall–Kier alpha value is -1.46. The molecule has 2 aromatic carbocycles. The van der Waals surface area contributed by atoms with Gasteiger partial charge in [-0.05, 0) is 72.4 Å². The van der Waals surface area contributed by atoms with Crippen molar-refractivity contribution >= 4 is 45.0 Å². The minimum atomic E-state index is -4.63. The van der Waals surface area contributed by atoms with E-state index in [4.69, 9.17) is 0 Å². The number of nitrogens with one attached hydrogen (secondary N) is 1. The van der Waals surface area contributed by atoms with E-state index in [1.54, 1.807) is 6.07 Å². The van der Waals surface area contributed by atoms with Crippen LogP contribution in [0.3, 0.4) is 0 Å². The fraction of sp³-hybridized carbons (Fsp3) is 0.433. The van der Waals surface area contributed by atoms with Gasteiger partial charge in [-0.1, -0.05) is 18.2 Å². The van der Waals surface area contributed by atoms with Gasteiger partial charge in [0.15, 0.2) is 0 Å². The molecular weight excluding hydrogens is 882 g/mol. The molecule has 1 N–H and O–H groups in total. The normalized spacial score (nSPS) is 15.5. The van der Waals surface area contributed by atoms with Crippen molar-refractivity contribution in [2.45, 2.75) is 32.1 Å². The van der Waals surface area contributed by atoms with Gasteiger partial charge in [0.25, 0.3) is 5.91 Å². The van der Waals surface area contributed by atoms with Gasteiger partial charge in [0.2, 0.25) is 5.82 Å². The van der Waals surface area contributed by atoms with E-state index < -0.39 is 18.0 Å². The van der Waals surface area contributed by atoms with Crippen LogP contribution in [0.25, 0.3) is 10.8 Å². The van der Waals surface area contributed by atoms with Gasteiger partial charge in [0.1, 0.15) is 6.04 Å². The maximum atomic E-state index is 13.5. The SMILES string of the molecule is [CH2-]C[N+](C)(C[CH2-])C(CNC(=O)c1cccc2c(I)c(N3CCN(C(C)C)CC3)ccc12)c1cnc(C(F)(F)F)nc1.[U+2]. The molecule has 12 heteroatoms. The van der Waals surface area contributed by atoms with E-state index in [0.29, 0.717) is 30.3 Å². The second-order valence-electron chi connectivity index (χ2n) is 10.9. The molecule has 3 aromatic rings. The van der Waals surface area contributed by atoms with Gasteiger partial charge in [0.05, 0.1) is 19.3 Å². The average molecular weight is 920 g/mol. The molecule has 1 atom stereocenters. The molecule has 0 bridgehead atoms. The average Bonchev–Trinajstić information content (AvgIpc) is 2.96. The maximum Gasteiger partial charge on any atom is 2.00 e. The van der Waals surface area contributed by atoms with Crippen LogP contribution in [-0.2, 0) is 6.18 Å². The van der Waals surface area contributed by atoms with E-state index in [9.17, 15) is 18.0 Å². The zero-order valence-electron chi connectivity index (χ0n) is 24.2. The largest absolute Gasteiger partial charge is 2.00 e. The zero-order chi connectivity index (χ0) is 29.9. The topological polar surface area (TPSA) is 61.4 Å². The molecule has 1 unspecified atom stereocenters. The van der Waals surface area contributed by atoms with Crippen molar-refractivity contribution in [2.24, 2.45) is 0 Å². The number of alkyl halides is 3. The molecule has 42 heavy (non-hydrogen) atoms. The Bertz CT molecular complexity index is 1360. The number of anilines is 1. The van der Waals surface area contributed by atoms with Crippen LogP contribution < -0.4 is 10.2 Å². The Balaban J connectivity index is 0.00000484. The number of nitrogens with zero attached hydrogens (tertiary/aromatic N) is 5. The molecule has 1 saturated heterocycles. The van der Waals surface area contributed by atoms with Crippen LogP contribution in [-0.4, -0.2) is 84.2 Å². The first-order valence-corrected chi connectivity index (χ1v) is 14.8. The first kappa shape index (κ1) is 35.0. The Morgan fingerprint density at radius 1 is 1.05 bits per heavy atom. The predicted molar refractivity (Wildman–Crippen MR) is 164 cm³/mol. The molecule has 1 amide bonds. The Morgan fingerprint density at radius 2 is 1.67 bits per heavy atom. The van der Waals surface area contributed by atoms with Crippen molar-refractivity contribution in [3.05, 3.63) is 77.1 Å². The molecule has 0 aliphatic carbocycles. The minimum Gasteiger partial charge on any atom is -0.368 e. The summed E-state index contributed by atoms with van der Waals surface area (Å²) >= 11 is 2.37. The molecule has 2 heterocycles. The Kier molecular flexibility index (Phi) is 12.1. The van der Waals surface area contributed by atoms with Gasteiger partial charge in [-0.25, -0.2) is 9.97 Å². The second-order valence-corrected chi connectivity index (χ2v) is 12.0. The maximum absolute atomic E-state index is 13.5. The molecule has 7 nitrogen and oxygen atoms in total. The third-order valence-electron chi connectivity index (χ3n) is 8.15. The van der Waals surface area contributed by atoms with Gasteiger partial charge < -0.3 is 14.7 Å². The number of rotatable bonds is 9. The number of benzene rings is 2. The number of piperazine rings is 1. The van der Waals surface area contributed by atoms with Crippen molar-refractivity contribution in [3.8, 4) is 0 Å². The molecule has 0 radical (unpaired) electrons. The predicted octanol–water partition coefficient (Wildman–Crippen LogP) is 5.37. The molecule has 1 fully saturated rings. The van der Waals surface area contributed by atoms with E-state index in [1.165, 1.54) is 18.1 Å². The molecule has 4 rings (SSSR count). The summed E-state index contributed by atoms with van der Waals surface area (Å²) in [7, 11) is 1.90.